The highest BCUT2D eigenvalue weighted by Crippen LogP contribution is 2.32. The van der Waals surface area contributed by atoms with Crippen LogP contribution in [0.5, 0.6) is 0 Å². The number of hydrogen-bond donors (Lipinski definition) is 2. The molecule has 0 aliphatic heterocycles. The van der Waals surface area contributed by atoms with Crippen LogP contribution < -0.4 is 5.32 Å². The molecule has 1 aromatic heterocycles. The van der Waals surface area contributed by atoms with Crippen LogP contribution >= 0.6 is 0 Å². The summed E-state index contributed by atoms with van der Waals surface area (Å²) in [5.41, 5.74) is 1.10. The van der Waals surface area contributed by atoms with Gasteiger partial charge in [0.1, 0.15) is 6.04 Å². The summed E-state index contributed by atoms with van der Waals surface area (Å²) in [5, 5.41) is 23.9. The molecule has 1 aliphatic rings. The molecule has 2 aromatic rings. The topological polar surface area (TPSA) is 92.9 Å². The van der Waals surface area contributed by atoms with Crippen LogP contribution in [-0.2, 0) is 17.9 Å². The summed E-state index contributed by atoms with van der Waals surface area (Å²) in [6, 6.07) is 9.38. The summed E-state index contributed by atoms with van der Waals surface area (Å²) in [7, 11) is 0. The minimum absolute atomic E-state index is 0.237. The Bertz CT molecular complexity index is 609. The Morgan fingerprint density at radius 1 is 1.38 bits per heavy atom. The monoisotopic (exact) mass is 287 g/mol. The first-order valence-corrected chi connectivity index (χ1v) is 6.99. The molecule has 7 heteroatoms. The summed E-state index contributed by atoms with van der Waals surface area (Å²) < 4.78 is 1.69. The van der Waals surface area contributed by atoms with Crippen molar-refractivity contribution in [1.29, 1.82) is 0 Å². The maximum atomic E-state index is 11.2. The molecule has 0 bridgehead atoms. The second-order valence-electron chi connectivity index (χ2n) is 5.27. The predicted octanol–water partition coefficient (Wildman–Crippen LogP) is 0.674. The highest BCUT2D eigenvalue weighted by molar-refractivity contribution is 5.74. The minimum atomic E-state index is -0.806. The zero-order valence-corrected chi connectivity index (χ0v) is 11.5. The summed E-state index contributed by atoms with van der Waals surface area (Å²) in [6.45, 7) is 0.930. The normalized spacial score (nSPS) is 15.8. The molecular formula is C14H17N5O2. The van der Waals surface area contributed by atoms with Crippen molar-refractivity contribution in [2.75, 3.05) is 0 Å². The summed E-state index contributed by atoms with van der Waals surface area (Å²) in [4.78, 5) is 11.2. The van der Waals surface area contributed by atoms with Crippen LogP contribution in [0.2, 0.25) is 0 Å². The maximum absolute atomic E-state index is 11.2. The molecule has 1 heterocycles. The SMILES string of the molecule is O=C(O)C(NCc1nnnn1Cc1ccccc1)C1CC1. The third-order valence-corrected chi connectivity index (χ3v) is 3.62. The van der Waals surface area contributed by atoms with E-state index in [9.17, 15) is 9.90 Å². The van der Waals surface area contributed by atoms with E-state index in [4.69, 9.17) is 0 Å². The first kappa shape index (κ1) is 13.7. The molecule has 1 aromatic carbocycles. The Morgan fingerprint density at radius 2 is 2.14 bits per heavy atom. The lowest BCUT2D eigenvalue weighted by atomic mass is 10.2. The average Bonchev–Trinajstić information content (AvgIpc) is 3.22. The number of aromatic nitrogens is 4. The molecule has 0 radical (unpaired) electrons. The van der Waals surface area contributed by atoms with Gasteiger partial charge in [-0.2, -0.15) is 0 Å². The van der Waals surface area contributed by atoms with E-state index in [0.29, 0.717) is 18.9 Å². The fourth-order valence-corrected chi connectivity index (χ4v) is 2.32. The molecule has 110 valence electrons. The first-order valence-electron chi connectivity index (χ1n) is 6.99. The van der Waals surface area contributed by atoms with E-state index in [-0.39, 0.29) is 5.92 Å². The van der Waals surface area contributed by atoms with Gasteiger partial charge in [-0.05, 0) is 34.7 Å². The summed E-state index contributed by atoms with van der Waals surface area (Å²) >= 11 is 0. The van der Waals surface area contributed by atoms with E-state index >= 15 is 0 Å². The van der Waals surface area contributed by atoms with Crippen LogP contribution in [0.4, 0.5) is 0 Å². The fourth-order valence-electron chi connectivity index (χ4n) is 2.32. The van der Waals surface area contributed by atoms with Gasteiger partial charge in [0.15, 0.2) is 5.82 Å². The van der Waals surface area contributed by atoms with Crippen molar-refractivity contribution >= 4 is 5.97 Å². The van der Waals surface area contributed by atoms with E-state index in [0.717, 1.165) is 18.4 Å². The number of aliphatic carboxylic acids is 1. The van der Waals surface area contributed by atoms with E-state index in [1.165, 1.54) is 0 Å². The van der Waals surface area contributed by atoms with Crippen LogP contribution in [0, 0.1) is 5.92 Å². The van der Waals surface area contributed by atoms with Gasteiger partial charge in [-0.25, -0.2) is 4.68 Å². The van der Waals surface area contributed by atoms with E-state index in [1.54, 1.807) is 4.68 Å². The molecule has 1 saturated carbocycles. The van der Waals surface area contributed by atoms with Crippen molar-refractivity contribution < 1.29 is 9.90 Å². The van der Waals surface area contributed by atoms with Crippen LogP contribution in [0.15, 0.2) is 30.3 Å². The molecule has 21 heavy (non-hydrogen) atoms. The van der Waals surface area contributed by atoms with Crippen molar-refractivity contribution in [3.63, 3.8) is 0 Å². The molecule has 0 saturated heterocycles. The van der Waals surface area contributed by atoms with Gasteiger partial charge in [0.25, 0.3) is 0 Å². The third-order valence-electron chi connectivity index (χ3n) is 3.62. The quantitative estimate of drug-likeness (QED) is 0.777. The van der Waals surface area contributed by atoms with Gasteiger partial charge >= 0.3 is 5.97 Å². The average molecular weight is 287 g/mol. The highest BCUT2D eigenvalue weighted by Gasteiger charge is 2.36. The van der Waals surface area contributed by atoms with E-state index in [2.05, 4.69) is 20.8 Å². The highest BCUT2D eigenvalue weighted by atomic mass is 16.4. The first-order chi connectivity index (χ1) is 10.2. The molecule has 0 amide bonds. The zero-order chi connectivity index (χ0) is 14.7. The van der Waals surface area contributed by atoms with E-state index < -0.39 is 12.0 Å². The molecule has 0 spiro atoms. The summed E-state index contributed by atoms with van der Waals surface area (Å²) in [5.74, 6) is 0.0753. The number of carbonyl (C=O) groups is 1. The predicted molar refractivity (Wildman–Crippen MR) is 74.3 cm³/mol. The third kappa shape index (κ3) is 3.43. The second-order valence-corrected chi connectivity index (χ2v) is 5.27. The van der Waals surface area contributed by atoms with Crippen LogP contribution in [0.25, 0.3) is 0 Å². The maximum Gasteiger partial charge on any atom is 0.320 e. The van der Waals surface area contributed by atoms with Crippen molar-refractivity contribution in [3.8, 4) is 0 Å². The number of nitrogens with one attached hydrogen (secondary N) is 1. The molecule has 2 N–H and O–H groups in total. The molecule has 1 fully saturated rings. The molecule has 1 aliphatic carbocycles. The van der Waals surface area contributed by atoms with Crippen molar-refractivity contribution in [3.05, 3.63) is 41.7 Å². The van der Waals surface area contributed by atoms with Crippen molar-refractivity contribution in [2.45, 2.75) is 32.0 Å². The van der Waals surface area contributed by atoms with Crippen LogP contribution in [-0.4, -0.2) is 37.3 Å². The number of nitrogens with zero attached hydrogens (tertiary/aromatic N) is 4. The molecule has 1 unspecified atom stereocenters. The number of rotatable bonds is 7. The zero-order valence-electron chi connectivity index (χ0n) is 11.5. The summed E-state index contributed by atoms with van der Waals surface area (Å²) in [6.07, 6.45) is 1.94. The lowest BCUT2D eigenvalue weighted by Gasteiger charge is -2.13. The van der Waals surface area contributed by atoms with Crippen molar-refractivity contribution in [1.82, 2.24) is 25.5 Å². The van der Waals surface area contributed by atoms with Crippen molar-refractivity contribution in [2.24, 2.45) is 5.92 Å². The van der Waals surface area contributed by atoms with Gasteiger partial charge in [-0.3, -0.25) is 10.1 Å². The van der Waals surface area contributed by atoms with Gasteiger partial charge in [0.2, 0.25) is 0 Å². The second kappa shape index (κ2) is 6.01. The lowest BCUT2D eigenvalue weighted by Crippen LogP contribution is -2.38. The number of benzene rings is 1. The molecular weight excluding hydrogens is 270 g/mol. The van der Waals surface area contributed by atoms with E-state index in [1.807, 2.05) is 30.3 Å². The number of tetrazole rings is 1. The number of carboxylic acids is 1. The number of carboxylic acid groups (broad SMARTS) is 1. The Kier molecular flexibility index (Phi) is 3.92. The smallest absolute Gasteiger partial charge is 0.320 e. The minimum Gasteiger partial charge on any atom is -0.480 e. The Hall–Kier alpha value is -2.28. The lowest BCUT2D eigenvalue weighted by molar-refractivity contribution is -0.140. The van der Waals surface area contributed by atoms with Gasteiger partial charge in [-0.1, -0.05) is 30.3 Å². The molecule has 3 rings (SSSR count). The Morgan fingerprint density at radius 3 is 2.81 bits per heavy atom. The van der Waals surface area contributed by atoms with Gasteiger partial charge in [0, 0.05) is 0 Å². The fraction of sp³-hybridized carbons (Fsp3) is 0.429. The standard InChI is InChI=1S/C14H17N5O2/c20-14(21)13(11-6-7-11)15-8-12-16-17-18-19(12)9-10-4-2-1-3-5-10/h1-5,11,13,15H,6-9H2,(H,20,21). The number of hydrogen-bond acceptors (Lipinski definition) is 5. The largest absolute Gasteiger partial charge is 0.480 e. The van der Waals surface area contributed by atoms with Gasteiger partial charge in [-0.15, -0.1) is 5.10 Å². The van der Waals surface area contributed by atoms with Gasteiger partial charge < -0.3 is 5.11 Å². The molecule has 7 nitrogen and oxygen atoms in total. The van der Waals surface area contributed by atoms with Gasteiger partial charge in [0.05, 0.1) is 13.1 Å². The molecule has 1 atom stereocenters. The van der Waals surface area contributed by atoms with Crippen LogP contribution in [0.1, 0.15) is 24.2 Å². The Balaban J connectivity index is 1.64. The van der Waals surface area contributed by atoms with Crippen LogP contribution in [0.3, 0.4) is 0 Å². The Labute approximate surface area is 122 Å².